The second-order valence-corrected chi connectivity index (χ2v) is 4.13. The van der Waals surface area contributed by atoms with E-state index in [1.54, 1.807) is 0 Å². The fourth-order valence-corrected chi connectivity index (χ4v) is 2.16. The van der Waals surface area contributed by atoms with Gasteiger partial charge in [-0.15, -0.1) is 0 Å². The third-order valence-electron chi connectivity index (χ3n) is 3.38. The SMILES string of the molecule is CCC1(CO)CCCCCCC1=O. The molecule has 1 N–H and O–H groups in total. The lowest BCUT2D eigenvalue weighted by Gasteiger charge is -2.30. The molecule has 1 atom stereocenters. The summed E-state index contributed by atoms with van der Waals surface area (Å²) >= 11 is 0. The maximum Gasteiger partial charge on any atom is 0.141 e. The summed E-state index contributed by atoms with van der Waals surface area (Å²) in [5, 5.41) is 9.31. The van der Waals surface area contributed by atoms with Gasteiger partial charge in [0.15, 0.2) is 0 Å². The number of rotatable bonds is 2. The fraction of sp³-hybridized carbons (Fsp3) is 0.909. The molecule has 1 saturated carbocycles. The molecule has 1 aliphatic carbocycles. The topological polar surface area (TPSA) is 37.3 Å². The second kappa shape index (κ2) is 4.75. The maximum absolute atomic E-state index is 11.8. The van der Waals surface area contributed by atoms with Crippen LogP contribution in [0.3, 0.4) is 0 Å². The van der Waals surface area contributed by atoms with Gasteiger partial charge in [-0.05, 0) is 19.3 Å². The van der Waals surface area contributed by atoms with Gasteiger partial charge in [-0.2, -0.15) is 0 Å². The number of carbonyl (C=O) groups excluding carboxylic acids is 1. The Morgan fingerprint density at radius 2 is 2.00 bits per heavy atom. The van der Waals surface area contributed by atoms with Crippen molar-refractivity contribution in [3.8, 4) is 0 Å². The molecule has 76 valence electrons. The Labute approximate surface area is 80.3 Å². The summed E-state index contributed by atoms with van der Waals surface area (Å²) in [6.07, 6.45) is 6.86. The molecule has 0 amide bonds. The third kappa shape index (κ3) is 2.31. The van der Waals surface area contributed by atoms with E-state index in [0.29, 0.717) is 6.42 Å². The van der Waals surface area contributed by atoms with E-state index in [4.69, 9.17) is 0 Å². The van der Waals surface area contributed by atoms with E-state index in [9.17, 15) is 9.90 Å². The minimum Gasteiger partial charge on any atom is -0.395 e. The average molecular weight is 184 g/mol. The van der Waals surface area contributed by atoms with E-state index in [-0.39, 0.29) is 17.8 Å². The van der Waals surface area contributed by atoms with E-state index >= 15 is 0 Å². The van der Waals surface area contributed by atoms with Crippen molar-refractivity contribution in [2.75, 3.05) is 6.61 Å². The highest BCUT2D eigenvalue weighted by molar-refractivity contribution is 5.84. The first-order valence-electron chi connectivity index (χ1n) is 5.39. The van der Waals surface area contributed by atoms with Crippen LogP contribution in [0.25, 0.3) is 0 Å². The van der Waals surface area contributed by atoms with Crippen LogP contribution >= 0.6 is 0 Å². The zero-order valence-electron chi connectivity index (χ0n) is 8.51. The number of carbonyl (C=O) groups is 1. The van der Waals surface area contributed by atoms with Crippen LogP contribution in [0.5, 0.6) is 0 Å². The van der Waals surface area contributed by atoms with E-state index in [1.165, 1.54) is 12.8 Å². The second-order valence-electron chi connectivity index (χ2n) is 4.13. The number of hydrogen-bond donors (Lipinski definition) is 1. The van der Waals surface area contributed by atoms with Gasteiger partial charge in [0.1, 0.15) is 5.78 Å². The van der Waals surface area contributed by atoms with Crippen molar-refractivity contribution in [3.63, 3.8) is 0 Å². The van der Waals surface area contributed by atoms with Gasteiger partial charge < -0.3 is 5.11 Å². The van der Waals surface area contributed by atoms with Gasteiger partial charge in [0, 0.05) is 6.42 Å². The van der Waals surface area contributed by atoms with Crippen molar-refractivity contribution >= 4 is 5.78 Å². The Morgan fingerprint density at radius 1 is 1.31 bits per heavy atom. The molecule has 1 unspecified atom stereocenters. The zero-order valence-corrected chi connectivity index (χ0v) is 8.51. The molecule has 13 heavy (non-hydrogen) atoms. The molecule has 1 fully saturated rings. The molecule has 0 radical (unpaired) electrons. The highest BCUT2D eigenvalue weighted by Crippen LogP contribution is 2.33. The van der Waals surface area contributed by atoms with Crippen LogP contribution in [-0.2, 0) is 4.79 Å². The van der Waals surface area contributed by atoms with Crippen molar-refractivity contribution in [1.82, 2.24) is 0 Å². The lowest BCUT2D eigenvalue weighted by atomic mass is 9.74. The summed E-state index contributed by atoms with van der Waals surface area (Å²) in [6, 6.07) is 0. The quantitative estimate of drug-likeness (QED) is 0.715. The molecule has 1 aliphatic rings. The number of aliphatic hydroxyl groups is 1. The van der Waals surface area contributed by atoms with Crippen molar-refractivity contribution in [2.24, 2.45) is 5.41 Å². The van der Waals surface area contributed by atoms with Crippen LogP contribution in [0.2, 0.25) is 0 Å². The van der Waals surface area contributed by atoms with Crippen LogP contribution in [0.4, 0.5) is 0 Å². The summed E-state index contributed by atoms with van der Waals surface area (Å²) < 4.78 is 0. The van der Waals surface area contributed by atoms with Gasteiger partial charge >= 0.3 is 0 Å². The van der Waals surface area contributed by atoms with Crippen molar-refractivity contribution in [3.05, 3.63) is 0 Å². The van der Waals surface area contributed by atoms with Crippen LogP contribution in [0.1, 0.15) is 51.9 Å². The molecule has 0 aliphatic heterocycles. The molecule has 0 aromatic heterocycles. The van der Waals surface area contributed by atoms with Crippen molar-refractivity contribution < 1.29 is 9.90 Å². The van der Waals surface area contributed by atoms with Gasteiger partial charge in [0.25, 0.3) is 0 Å². The number of hydrogen-bond acceptors (Lipinski definition) is 2. The molecule has 0 bridgehead atoms. The van der Waals surface area contributed by atoms with Gasteiger partial charge in [-0.1, -0.05) is 26.2 Å². The Morgan fingerprint density at radius 3 is 2.62 bits per heavy atom. The van der Waals surface area contributed by atoms with E-state index in [2.05, 4.69) is 0 Å². The summed E-state index contributed by atoms with van der Waals surface area (Å²) in [5.41, 5.74) is -0.388. The predicted octanol–water partition coefficient (Wildman–Crippen LogP) is 2.30. The van der Waals surface area contributed by atoms with Crippen LogP contribution in [0, 0.1) is 5.41 Å². The first-order chi connectivity index (χ1) is 6.25. The molecule has 0 aromatic rings. The van der Waals surface area contributed by atoms with Crippen molar-refractivity contribution in [2.45, 2.75) is 51.9 Å². The van der Waals surface area contributed by atoms with Gasteiger partial charge in [0.2, 0.25) is 0 Å². The molecule has 0 aromatic carbocycles. The van der Waals surface area contributed by atoms with E-state index in [0.717, 1.165) is 25.7 Å². The molecular weight excluding hydrogens is 164 g/mol. The molecule has 2 nitrogen and oxygen atoms in total. The van der Waals surface area contributed by atoms with E-state index in [1.807, 2.05) is 6.92 Å². The summed E-state index contributed by atoms with van der Waals surface area (Å²) in [6.45, 7) is 2.05. The smallest absolute Gasteiger partial charge is 0.141 e. The normalized spacial score (nSPS) is 31.1. The largest absolute Gasteiger partial charge is 0.395 e. The lowest BCUT2D eigenvalue weighted by Crippen LogP contribution is -2.35. The van der Waals surface area contributed by atoms with Crippen LogP contribution in [0.15, 0.2) is 0 Å². The van der Waals surface area contributed by atoms with Gasteiger partial charge in [-0.25, -0.2) is 0 Å². The average Bonchev–Trinajstić information content (AvgIpc) is 2.14. The fourth-order valence-electron chi connectivity index (χ4n) is 2.16. The Hall–Kier alpha value is -0.370. The molecule has 1 rings (SSSR count). The lowest BCUT2D eigenvalue weighted by molar-refractivity contribution is -0.132. The zero-order chi connectivity index (χ0) is 9.73. The summed E-state index contributed by atoms with van der Waals surface area (Å²) in [5.74, 6) is 0.289. The standard InChI is InChI=1S/C11H20O2/c1-2-11(9-12)8-6-4-3-5-7-10(11)13/h12H,2-9H2,1H3. The van der Waals surface area contributed by atoms with Gasteiger partial charge in [-0.3, -0.25) is 4.79 Å². The number of Topliss-reactive ketones (excluding diaryl/α,β-unsaturated/α-hetero) is 1. The third-order valence-corrected chi connectivity index (χ3v) is 3.38. The maximum atomic E-state index is 11.8. The predicted molar refractivity (Wildman–Crippen MR) is 52.5 cm³/mol. The van der Waals surface area contributed by atoms with Crippen LogP contribution < -0.4 is 0 Å². The minimum atomic E-state index is -0.388. The highest BCUT2D eigenvalue weighted by Gasteiger charge is 2.35. The Kier molecular flexibility index (Phi) is 3.91. The molecule has 2 heteroatoms. The van der Waals surface area contributed by atoms with Gasteiger partial charge in [0.05, 0.1) is 12.0 Å². The monoisotopic (exact) mass is 184 g/mol. The number of ketones is 1. The van der Waals surface area contributed by atoms with E-state index < -0.39 is 0 Å². The molecule has 0 spiro atoms. The number of aliphatic hydroxyl groups excluding tert-OH is 1. The minimum absolute atomic E-state index is 0.0440. The Balaban J connectivity index is 2.69. The Bertz CT molecular complexity index is 171. The van der Waals surface area contributed by atoms with Crippen LogP contribution in [-0.4, -0.2) is 17.5 Å². The highest BCUT2D eigenvalue weighted by atomic mass is 16.3. The summed E-state index contributed by atoms with van der Waals surface area (Å²) in [7, 11) is 0. The molecule has 0 saturated heterocycles. The molecule has 0 heterocycles. The summed E-state index contributed by atoms with van der Waals surface area (Å²) in [4.78, 5) is 11.8. The van der Waals surface area contributed by atoms with Crippen molar-refractivity contribution in [1.29, 1.82) is 0 Å². The first-order valence-corrected chi connectivity index (χ1v) is 5.39. The molecular formula is C11H20O2. The first kappa shape index (κ1) is 10.7.